The molecule has 0 spiro atoms. The van der Waals surface area contributed by atoms with E-state index in [0.29, 0.717) is 0 Å². The van der Waals surface area contributed by atoms with Crippen molar-refractivity contribution in [3.63, 3.8) is 0 Å². The number of fused-ring (bicyclic) bond motifs is 1. The topological polar surface area (TPSA) is 121 Å². The zero-order valence-electron chi connectivity index (χ0n) is 19.0. The number of benzene rings is 2. The van der Waals surface area contributed by atoms with E-state index in [2.05, 4.69) is 46.3 Å². The Morgan fingerprint density at radius 1 is 1.17 bits per heavy atom. The number of nitrogen functional groups attached to an aromatic ring is 1. The van der Waals surface area contributed by atoms with E-state index in [1.165, 1.54) is 5.38 Å². The van der Waals surface area contributed by atoms with Crippen LogP contribution in [0, 0.1) is 0 Å². The predicted octanol–water partition coefficient (Wildman–Crippen LogP) is 3.57. The lowest BCUT2D eigenvalue weighted by Crippen LogP contribution is -2.69. The number of carbonyl (C=O) groups is 2. The molecule has 8 nitrogen and oxygen atoms in total. The molecule has 3 atom stereocenters. The molecule has 4 N–H and O–H groups in total. The third-order valence-corrected chi connectivity index (χ3v) is 8.49. The molecule has 0 saturated carbocycles. The Hall–Kier alpha value is -3.89. The number of hydrogen-bond donors (Lipinski definition) is 3. The maximum Gasteiger partial charge on any atom is 0.276 e. The van der Waals surface area contributed by atoms with Crippen LogP contribution in [0.4, 0.5) is 5.13 Å². The highest BCUT2D eigenvalue weighted by molar-refractivity contribution is 8.01. The molecule has 3 heterocycles. The molecule has 1 aromatic heterocycles. The van der Waals surface area contributed by atoms with Gasteiger partial charge in [0.25, 0.3) is 11.8 Å². The van der Waals surface area contributed by atoms with Gasteiger partial charge in [-0.15, -0.1) is 23.1 Å². The van der Waals surface area contributed by atoms with Crippen molar-refractivity contribution in [2.24, 2.45) is 5.16 Å². The zero-order valence-corrected chi connectivity index (χ0v) is 20.7. The van der Waals surface area contributed by atoms with Gasteiger partial charge in [-0.2, -0.15) is 0 Å². The van der Waals surface area contributed by atoms with E-state index in [9.17, 15) is 14.8 Å². The molecular weight excluding hydrogens is 494 g/mol. The molecule has 5 rings (SSSR count). The summed E-state index contributed by atoms with van der Waals surface area (Å²) in [4.78, 5) is 31.5. The quantitative estimate of drug-likeness (QED) is 0.191. The normalized spacial score (nSPS) is 21.4. The third-order valence-electron chi connectivity index (χ3n) is 6.20. The fraction of sp³-hybridized carbons (Fsp3) is 0.154. The molecule has 10 heteroatoms. The monoisotopic (exact) mass is 517 g/mol. The van der Waals surface area contributed by atoms with Crippen molar-refractivity contribution in [1.82, 2.24) is 15.2 Å². The number of allylic oxidation sites excluding steroid dienone is 1. The highest BCUT2D eigenvalue weighted by Crippen LogP contribution is 2.48. The number of thiazole rings is 1. The summed E-state index contributed by atoms with van der Waals surface area (Å²) >= 11 is 2.72. The number of β-lactam (4-membered cyclic amide) rings is 1. The number of nitrogens with two attached hydrogens (primary N) is 1. The minimum atomic E-state index is -0.785. The average molecular weight is 518 g/mol. The van der Waals surface area contributed by atoms with Gasteiger partial charge in [-0.05, 0) is 16.7 Å². The number of hydrogen-bond acceptors (Lipinski definition) is 8. The maximum absolute atomic E-state index is 12.9. The Morgan fingerprint density at radius 3 is 2.33 bits per heavy atom. The summed E-state index contributed by atoms with van der Waals surface area (Å²) in [6, 6.07) is 19.6. The minimum Gasteiger partial charge on any atom is -0.410 e. The Balaban J connectivity index is 1.44. The summed E-state index contributed by atoms with van der Waals surface area (Å²) in [7, 11) is 0. The molecule has 36 heavy (non-hydrogen) atoms. The zero-order chi connectivity index (χ0) is 25.2. The Kier molecular flexibility index (Phi) is 6.62. The molecule has 2 unspecified atom stereocenters. The van der Waals surface area contributed by atoms with E-state index in [0.717, 1.165) is 28.0 Å². The Labute approximate surface area is 216 Å². The lowest BCUT2D eigenvalue weighted by atomic mass is 9.85. The first kappa shape index (κ1) is 23.8. The van der Waals surface area contributed by atoms with Gasteiger partial charge < -0.3 is 21.2 Å². The van der Waals surface area contributed by atoms with Crippen molar-refractivity contribution in [1.29, 1.82) is 0 Å². The second-order valence-electron chi connectivity index (χ2n) is 8.30. The SMILES string of the molecule is C=CC1=CN2C(=O)C(NC(=O)C(=NO)c3csc(N)n3)[C@H]2SC1C(c1ccccc1)c1ccccc1. The Morgan fingerprint density at radius 2 is 1.81 bits per heavy atom. The van der Waals surface area contributed by atoms with E-state index < -0.39 is 11.9 Å². The number of carbonyl (C=O) groups excluding carboxylic acids is 2. The fourth-order valence-electron chi connectivity index (χ4n) is 4.49. The van der Waals surface area contributed by atoms with Crippen LogP contribution in [0.1, 0.15) is 22.7 Å². The van der Waals surface area contributed by atoms with E-state index in [4.69, 9.17) is 5.73 Å². The van der Waals surface area contributed by atoms with Gasteiger partial charge in [0, 0.05) is 22.7 Å². The standard InChI is InChI=1S/C26H23N5O3S2/c1-2-15-13-31-24(33)21(29-23(32)20(30-34)18-14-35-26(27)28-18)25(31)36-22(15)19(16-9-5-3-6-10-16)17-11-7-4-8-12-17/h2-14,19,21-22,25,34H,1H2,(H2,27,28)(H,29,32)/t21?,22?,25-/m1/s1. The smallest absolute Gasteiger partial charge is 0.276 e. The van der Waals surface area contributed by atoms with Crippen molar-refractivity contribution in [3.05, 3.63) is 107 Å². The van der Waals surface area contributed by atoms with Gasteiger partial charge in [0.15, 0.2) is 10.8 Å². The molecular formula is C26H23N5O3S2. The van der Waals surface area contributed by atoms with Gasteiger partial charge in [0.2, 0.25) is 0 Å². The first-order valence-corrected chi connectivity index (χ1v) is 13.0. The molecule has 3 aromatic rings. The second kappa shape index (κ2) is 10.00. The van der Waals surface area contributed by atoms with Gasteiger partial charge in [-0.3, -0.25) is 9.59 Å². The van der Waals surface area contributed by atoms with Gasteiger partial charge in [0.1, 0.15) is 17.1 Å². The van der Waals surface area contributed by atoms with E-state index in [-0.39, 0.29) is 39.0 Å². The highest BCUT2D eigenvalue weighted by atomic mass is 32.2. The maximum atomic E-state index is 12.9. The van der Waals surface area contributed by atoms with Crippen LogP contribution in [0.25, 0.3) is 0 Å². The van der Waals surface area contributed by atoms with E-state index in [1.54, 1.807) is 22.7 Å². The lowest BCUT2D eigenvalue weighted by Gasteiger charge is -2.50. The van der Waals surface area contributed by atoms with E-state index >= 15 is 0 Å². The number of nitrogens with zero attached hydrogens (tertiary/aromatic N) is 3. The largest absolute Gasteiger partial charge is 0.410 e. The van der Waals surface area contributed by atoms with Crippen molar-refractivity contribution in [3.8, 4) is 0 Å². The van der Waals surface area contributed by atoms with Crippen LogP contribution in [0.3, 0.4) is 0 Å². The predicted molar refractivity (Wildman–Crippen MR) is 142 cm³/mol. The van der Waals surface area contributed by atoms with Crippen LogP contribution in [-0.4, -0.2) is 49.3 Å². The van der Waals surface area contributed by atoms with Crippen LogP contribution in [-0.2, 0) is 9.59 Å². The van der Waals surface area contributed by atoms with Crippen molar-refractivity contribution in [2.75, 3.05) is 5.73 Å². The van der Waals surface area contributed by atoms with Gasteiger partial charge in [-0.25, -0.2) is 4.98 Å². The first-order chi connectivity index (χ1) is 17.5. The van der Waals surface area contributed by atoms with Gasteiger partial charge >= 0.3 is 0 Å². The van der Waals surface area contributed by atoms with Crippen molar-refractivity contribution >= 4 is 45.8 Å². The van der Waals surface area contributed by atoms with Gasteiger partial charge in [-0.1, -0.05) is 78.5 Å². The Bertz CT molecular complexity index is 1320. The minimum absolute atomic E-state index is 0.00315. The molecule has 2 amide bonds. The van der Waals surface area contributed by atoms with E-state index in [1.807, 2.05) is 42.6 Å². The third kappa shape index (κ3) is 4.29. The number of anilines is 1. The van der Waals surface area contributed by atoms with Crippen LogP contribution >= 0.6 is 23.1 Å². The number of rotatable bonds is 7. The summed E-state index contributed by atoms with van der Waals surface area (Å²) in [6.45, 7) is 4.00. The fourth-order valence-corrected chi connectivity index (χ4v) is 6.76. The molecule has 1 fully saturated rings. The average Bonchev–Trinajstić information content (AvgIpc) is 3.34. The lowest BCUT2D eigenvalue weighted by molar-refractivity contribution is -0.143. The van der Waals surface area contributed by atoms with Crippen LogP contribution in [0.5, 0.6) is 0 Å². The van der Waals surface area contributed by atoms with Crippen LogP contribution < -0.4 is 11.1 Å². The number of oxime groups is 1. The number of amides is 2. The first-order valence-electron chi connectivity index (χ1n) is 11.2. The summed E-state index contributed by atoms with van der Waals surface area (Å²) < 4.78 is 0. The molecule has 0 aliphatic carbocycles. The van der Waals surface area contributed by atoms with Crippen LogP contribution in [0.2, 0.25) is 0 Å². The summed E-state index contributed by atoms with van der Waals surface area (Å²) in [5.74, 6) is -0.938. The summed E-state index contributed by atoms with van der Waals surface area (Å²) in [5, 5.41) is 16.6. The number of nitrogens with one attached hydrogen (secondary N) is 1. The molecule has 0 bridgehead atoms. The molecule has 1 saturated heterocycles. The highest BCUT2D eigenvalue weighted by Gasteiger charge is 2.52. The summed E-state index contributed by atoms with van der Waals surface area (Å²) in [6.07, 6.45) is 3.61. The second-order valence-corrected chi connectivity index (χ2v) is 10.4. The number of thioether (sulfide) groups is 1. The molecule has 2 aromatic carbocycles. The summed E-state index contributed by atoms with van der Waals surface area (Å²) in [5.41, 5.74) is 8.72. The van der Waals surface area contributed by atoms with Gasteiger partial charge in [0.05, 0.1) is 0 Å². The van der Waals surface area contributed by atoms with Crippen LogP contribution in [0.15, 0.2) is 95.6 Å². The number of aromatic nitrogens is 1. The van der Waals surface area contributed by atoms with Crippen molar-refractivity contribution < 1.29 is 14.8 Å². The molecule has 2 aliphatic rings. The molecule has 182 valence electrons. The van der Waals surface area contributed by atoms with Crippen molar-refractivity contribution in [2.45, 2.75) is 22.6 Å². The molecule has 0 radical (unpaired) electrons. The molecule has 2 aliphatic heterocycles.